The standard InChI is InChI=1S/C21H18Cl2N2O3/c1-13(28-17-8-7-15-4-2-3-5-16(15)12-17)21(27)25-24-20(26)11-14-6-9-18(22)19(23)10-14/h2-10,12-13H,11H2,1H3,(H,24,26)(H,25,27)/t13-/m0/s1. The number of hydrogen-bond acceptors (Lipinski definition) is 3. The molecule has 3 rings (SSSR count). The van der Waals surface area contributed by atoms with Crippen LogP contribution in [0.25, 0.3) is 10.8 Å². The molecule has 2 N–H and O–H groups in total. The Labute approximate surface area is 172 Å². The molecule has 3 aromatic rings. The second-order valence-electron chi connectivity index (χ2n) is 6.23. The first-order chi connectivity index (χ1) is 13.4. The second kappa shape index (κ2) is 8.95. The molecule has 3 aromatic carbocycles. The Bertz CT molecular complexity index is 1020. The Morgan fingerprint density at radius 1 is 0.929 bits per heavy atom. The van der Waals surface area contributed by atoms with E-state index in [2.05, 4.69) is 10.9 Å². The van der Waals surface area contributed by atoms with Crippen LogP contribution in [0, 0.1) is 0 Å². The predicted molar refractivity (Wildman–Crippen MR) is 110 cm³/mol. The molecular weight excluding hydrogens is 399 g/mol. The molecule has 2 amide bonds. The van der Waals surface area contributed by atoms with Crippen LogP contribution in [0.3, 0.4) is 0 Å². The zero-order chi connectivity index (χ0) is 20.1. The van der Waals surface area contributed by atoms with Crippen LogP contribution in [0.15, 0.2) is 60.7 Å². The number of carbonyl (C=O) groups excluding carboxylic acids is 2. The molecule has 28 heavy (non-hydrogen) atoms. The summed E-state index contributed by atoms with van der Waals surface area (Å²) in [6, 6.07) is 18.4. The first-order valence-corrected chi connectivity index (χ1v) is 9.36. The molecule has 0 spiro atoms. The number of carbonyl (C=O) groups is 2. The van der Waals surface area contributed by atoms with Gasteiger partial charge in [-0.25, -0.2) is 0 Å². The van der Waals surface area contributed by atoms with Gasteiger partial charge in [0.1, 0.15) is 5.75 Å². The van der Waals surface area contributed by atoms with Crippen LogP contribution in [-0.2, 0) is 16.0 Å². The number of halogens is 2. The number of fused-ring (bicyclic) bond motifs is 1. The van der Waals surface area contributed by atoms with Gasteiger partial charge < -0.3 is 4.74 Å². The molecule has 5 nitrogen and oxygen atoms in total. The van der Waals surface area contributed by atoms with Crippen LogP contribution in [0.2, 0.25) is 10.0 Å². The van der Waals surface area contributed by atoms with Crippen molar-refractivity contribution < 1.29 is 14.3 Å². The van der Waals surface area contributed by atoms with Gasteiger partial charge in [-0.2, -0.15) is 0 Å². The van der Waals surface area contributed by atoms with Gasteiger partial charge in [-0.05, 0) is 47.5 Å². The van der Waals surface area contributed by atoms with Crippen molar-refractivity contribution in [2.45, 2.75) is 19.4 Å². The molecule has 0 aliphatic rings. The van der Waals surface area contributed by atoms with Gasteiger partial charge in [-0.1, -0.05) is 59.6 Å². The molecule has 0 saturated heterocycles. The van der Waals surface area contributed by atoms with Gasteiger partial charge in [0, 0.05) is 0 Å². The van der Waals surface area contributed by atoms with E-state index in [9.17, 15) is 9.59 Å². The second-order valence-corrected chi connectivity index (χ2v) is 7.05. The van der Waals surface area contributed by atoms with E-state index in [1.807, 2.05) is 36.4 Å². The Balaban J connectivity index is 1.51. The average Bonchev–Trinajstić information content (AvgIpc) is 2.69. The maximum Gasteiger partial charge on any atom is 0.279 e. The van der Waals surface area contributed by atoms with E-state index < -0.39 is 12.0 Å². The molecule has 1 atom stereocenters. The molecule has 0 aromatic heterocycles. The predicted octanol–water partition coefficient (Wildman–Crippen LogP) is 4.30. The summed E-state index contributed by atoms with van der Waals surface area (Å²) in [5.41, 5.74) is 5.41. The van der Waals surface area contributed by atoms with Crippen LogP contribution in [0.5, 0.6) is 5.75 Å². The number of hydrazine groups is 1. The van der Waals surface area contributed by atoms with Crippen molar-refractivity contribution >= 4 is 45.8 Å². The minimum absolute atomic E-state index is 0.0527. The van der Waals surface area contributed by atoms with E-state index >= 15 is 0 Å². The van der Waals surface area contributed by atoms with Crippen molar-refractivity contribution in [3.8, 4) is 5.75 Å². The summed E-state index contributed by atoms with van der Waals surface area (Å²) in [7, 11) is 0. The molecule has 0 heterocycles. The maximum absolute atomic E-state index is 12.2. The van der Waals surface area contributed by atoms with Gasteiger partial charge in [-0.3, -0.25) is 20.4 Å². The highest BCUT2D eigenvalue weighted by atomic mass is 35.5. The number of benzene rings is 3. The van der Waals surface area contributed by atoms with Gasteiger partial charge in [0.2, 0.25) is 5.91 Å². The van der Waals surface area contributed by atoms with Gasteiger partial charge in [-0.15, -0.1) is 0 Å². The summed E-state index contributed by atoms with van der Waals surface area (Å²) < 4.78 is 5.67. The van der Waals surface area contributed by atoms with E-state index in [0.717, 1.165) is 10.8 Å². The first kappa shape index (κ1) is 20.0. The highest BCUT2D eigenvalue weighted by Crippen LogP contribution is 2.23. The van der Waals surface area contributed by atoms with E-state index in [4.69, 9.17) is 27.9 Å². The highest BCUT2D eigenvalue weighted by Gasteiger charge is 2.16. The third-order valence-electron chi connectivity index (χ3n) is 4.08. The fourth-order valence-corrected chi connectivity index (χ4v) is 2.93. The molecule has 0 saturated carbocycles. The van der Waals surface area contributed by atoms with E-state index in [1.165, 1.54) is 0 Å². The normalized spacial score (nSPS) is 11.7. The minimum Gasteiger partial charge on any atom is -0.481 e. The van der Waals surface area contributed by atoms with Crippen LogP contribution in [0.1, 0.15) is 12.5 Å². The lowest BCUT2D eigenvalue weighted by Crippen LogP contribution is -2.47. The number of nitrogens with one attached hydrogen (secondary N) is 2. The summed E-state index contributed by atoms with van der Waals surface area (Å²) in [6.45, 7) is 1.61. The summed E-state index contributed by atoms with van der Waals surface area (Å²) >= 11 is 11.8. The fraction of sp³-hybridized carbons (Fsp3) is 0.143. The molecule has 0 radical (unpaired) electrons. The van der Waals surface area contributed by atoms with Crippen LogP contribution >= 0.6 is 23.2 Å². The lowest BCUT2D eigenvalue weighted by atomic mass is 10.1. The van der Waals surface area contributed by atoms with Crippen molar-refractivity contribution in [1.82, 2.24) is 10.9 Å². The molecule has 144 valence electrons. The Kier molecular flexibility index (Phi) is 6.39. The Hall–Kier alpha value is -2.76. The van der Waals surface area contributed by atoms with Crippen molar-refractivity contribution in [2.75, 3.05) is 0 Å². The van der Waals surface area contributed by atoms with E-state index in [0.29, 0.717) is 21.4 Å². The van der Waals surface area contributed by atoms with Crippen molar-refractivity contribution in [2.24, 2.45) is 0 Å². The molecule has 0 aliphatic heterocycles. The van der Waals surface area contributed by atoms with Crippen molar-refractivity contribution in [1.29, 1.82) is 0 Å². The molecule has 0 bridgehead atoms. The third kappa shape index (κ3) is 5.15. The van der Waals surface area contributed by atoms with E-state index in [1.54, 1.807) is 31.2 Å². The van der Waals surface area contributed by atoms with Gasteiger partial charge in [0.15, 0.2) is 6.10 Å². The maximum atomic E-state index is 12.2. The number of rotatable bonds is 5. The Morgan fingerprint density at radius 3 is 2.43 bits per heavy atom. The van der Waals surface area contributed by atoms with Crippen LogP contribution in [0.4, 0.5) is 0 Å². The molecule has 0 aliphatic carbocycles. The zero-order valence-corrected chi connectivity index (χ0v) is 16.6. The SMILES string of the molecule is C[C@H](Oc1ccc2ccccc2c1)C(=O)NNC(=O)Cc1ccc(Cl)c(Cl)c1. The summed E-state index contributed by atoms with van der Waals surface area (Å²) in [4.78, 5) is 24.2. The molecular formula is C21H18Cl2N2O3. The van der Waals surface area contributed by atoms with Crippen molar-refractivity contribution in [3.05, 3.63) is 76.3 Å². The average molecular weight is 417 g/mol. The van der Waals surface area contributed by atoms with Gasteiger partial charge in [0.05, 0.1) is 16.5 Å². The Morgan fingerprint density at radius 2 is 1.68 bits per heavy atom. The van der Waals surface area contributed by atoms with Crippen molar-refractivity contribution in [3.63, 3.8) is 0 Å². The number of amides is 2. The summed E-state index contributed by atoms with van der Waals surface area (Å²) in [6.07, 6.45) is -0.733. The van der Waals surface area contributed by atoms with Crippen LogP contribution < -0.4 is 15.6 Å². The molecule has 0 fully saturated rings. The highest BCUT2D eigenvalue weighted by molar-refractivity contribution is 6.42. The summed E-state index contributed by atoms with van der Waals surface area (Å²) in [5, 5.41) is 2.89. The smallest absolute Gasteiger partial charge is 0.279 e. The van der Waals surface area contributed by atoms with E-state index in [-0.39, 0.29) is 12.3 Å². The van der Waals surface area contributed by atoms with Gasteiger partial charge in [0.25, 0.3) is 5.91 Å². The largest absolute Gasteiger partial charge is 0.481 e. The quantitative estimate of drug-likeness (QED) is 0.609. The number of ether oxygens (including phenoxy) is 1. The summed E-state index contributed by atoms with van der Waals surface area (Å²) in [5.74, 6) is -0.274. The van der Waals surface area contributed by atoms with Gasteiger partial charge >= 0.3 is 0 Å². The first-order valence-electron chi connectivity index (χ1n) is 8.60. The lowest BCUT2D eigenvalue weighted by Gasteiger charge is -2.15. The molecule has 7 heteroatoms. The lowest BCUT2D eigenvalue weighted by molar-refractivity contribution is -0.132. The van der Waals surface area contributed by atoms with Crippen LogP contribution in [-0.4, -0.2) is 17.9 Å². The minimum atomic E-state index is -0.786. The topological polar surface area (TPSA) is 67.4 Å². The monoisotopic (exact) mass is 416 g/mol. The molecule has 0 unspecified atom stereocenters. The third-order valence-corrected chi connectivity index (χ3v) is 4.82. The fourth-order valence-electron chi connectivity index (χ4n) is 2.61. The number of hydrogen-bond donors (Lipinski definition) is 2. The zero-order valence-electron chi connectivity index (χ0n) is 15.0.